The van der Waals surface area contributed by atoms with E-state index >= 15 is 0 Å². The number of carbonyl (C=O) groups is 1. The maximum Gasteiger partial charge on any atom is 0.266 e. The van der Waals surface area contributed by atoms with Crippen LogP contribution in [0.25, 0.3) is 6.08 Å². The molecule has 0 fully saturated rings. The van der Waals surface area contributed by atoms with Gasteiger partial charge in [0.05, 0.1) is 14.2 Å². The Morgan fingerprint density at radius 2 is 1.74 bits per heavy atom. The number of nitrogens with zero attached hydrogens (tertiary/aromatic N) is 2. The fourth-order valence-corrected chi connectivity index (χ4v) is 2.76. The molecule has 1 N–H and O–H groups in total. The highest BCUT2D eigenvalue weighted by molar-refractivity contribution is 9.10. The van der Waals surface area contributed by atoms with E-state index in [1.165, 1.54) is 20.3 Å². The minimum atomic E-state index is -0.489. The second-order valence-corrected chi connectivity index (χ2v) is 6.65. The first-order chi connectivity index (χ1) is 12.9. The van der Waals surface area contributed by atoms with E-state index in [1.54, 1.807) is 24.3 Å². The van der Waals surface area contributed by atoms with E-state index in [-0.39, 0.29) is 5.57 Å². The fraction of sp³-hybridized carbons (Fsp3) is 0.200. The van der Waals surface area contributed by atoms with Crippen molar-refractivity contribution in [2.24, 2.45) is 0 Å². The molecule has 2 aromatic rings. The van der Waals surface area contributed by atoms with Crippen LogP contribution in [0.1, 0.15) is 5.56 Å². The lowest BCUT2D eigenvalue weighted by atomic mass is 10.1. The molecule has 0 aliphatic carbocycles. The highest BCUT2D eigenvalue weighted by atomic mass is 79.9. The Morgan fingerprint density at radius 1 is 1.15 bits per heavy atom. The number of amides is 1. The van der Waals surface area contributed by atoms with Crippen molar-refractivity contribution in [1.82, 2.24) is 0 Å². The van der Waals surface area contributed by atoms with Crippen LogP contribution >= 0.6 is 15.9 Å². The van der Waals surface area contributed by atoms with Crippen LogP contribution in [0.15, 0.2) is 46.4 Å². The van der Waals surface area contributed by atoms with Gasteiger partial charge in [-0.2, -0.15) is 5.26 Å². The topological polar surface area (TPSA) is 74.6 Å². The Morgan fingerprint density at radius 3 is 2.26 bits per heavy atom. The minimum absolute atomic E-state index is 0.0281. The third-order valence-corrected chi connectivity index (χ3v) is 4.50. The maximum atomic E-state index is 12.5. The first-order valence-corrected chi connectivity index (χ1v) is 8.81. The first kappa shape index (κ1) is 20.3. The molecular weight excluding hydrogens is 410 g/mol. The zero-order valence-electron chi connectivity index (χ0n) is 15.5. The second kappa shape index (κ2) is 9.10. The molecule has 0 aliphatic heterocycles. The lowest BCUT2D eigenvalue weighted by Crippen LogP contribution is -2.14. The summed E-state index contributed by atoms with van der Waals surface area (Å²) in [5.74, 6) is 0.561. The largest absolute Gasteiger partial charge is 0.493 e. The quantitative estimate of drug-likeness (QED) is 0.552. The van der Waals surface area contributed by atoms with Crippen molar-refractivity contribution >= 4 is 39.3 Å². The number of ether oxygens (including phenoxy) is 2. The molecule has 2 rings (SSSR count). The summed E-state index contributed by atoms with van der Waals surface area (Å²) in [5, 5.41) is 12.1. The van der Waals surface area contributed by atoms with E-state index < -0.39 is 5.91 Å². The van der Waals surface area contributed by atoms with Crippen molar-refractivity contribution in [3.8, 4) is 17.6 Å². The van der Waals surface area contributed by atoms with Crippen LogP contribution < -0.4 is 19.7 Å². The number of hydrogen-bond donors (Lipinski definition) is 1. The molecule has 0 aromatic heterocycles. The van der Waals surface area contributed by atoms with Gasteiger partial charge in [0.15, 0.2) is 11.5 Å². The van der Waals surface area contributed by atoms with E-state index in [0.29, 0.717) is 27.2 Å². The summed E-state index contributed by atoms with van der Waals surface area (Å²) < 4.78 is 11.2. The Bertz CT molecular complexity index is 900. The van der Waals surface area contributed by atoms with Gasteiger partial charge >= 0.3 is 0 Å². The van der Waals surface area contributed by atoms with Crippen LogP contribution in [0.5, 0.6) is 11.5 Å². The maximum absolute atomic E-state index is 12.5. The molecule has 0 saturated heterocycles. The van der Waals surface area contributed by atoms with Crippen molar-refractivity contribution < 1.29 is 14.3 Å². The van der Waals surface area contributed by atoms with E-state index in [4.69, 9.17) is 9.47 Å². The third-order valence-electron chi connectivity index (χ3n) is 3.81. The number of benzene rings is 2. The van der Waals surface area contributed by atoms with Gasteiger partial charge in [0, 0.05) is 29.9 Å². The summed E-state index contributed by atoms with van der Waals surface area (Å²) in [5.41, 5.74) is 2.22. The van der Waals surface area contributed by atoms with Crippen molar-refractivity contribution in [3.63, 3.8) is 0 Å². The van der Waals surface area contributed by atoms with Crippen LogP contribution in [-0.2, 0) is 4.79 Å². The average molecular weight is 430 g/mol. The van der Waals surface area contributed by atoms with Gasteiger partial charge in [-0.1, -0.05) is 15.9 Å². The summed E-state index contributed by atoms with van der Waals surface area (Å²) in [6.45, 7) is 0. The second-order valence-electron chi connectivity index (χ2n) is 5.79. The van der Waals surface area contributed by atoms with Crippen molar-refractivity contribution in [2.75, 3.05) is 38.5 Å². The van der Waals surface area contributed by atoms with Crippen LogP contribution in [0.2, 0.25) is 0 Å². The molecule has 6 nitrogen and oxygen atoms in total. The summed E-state index contributed by atoms with van der Waals surface area (Å²) in [7, 11) is 6.93. The predicted molar refractivity (Wildman–Crippen MR) is 110 cm³/mol. The molecular formula is C20H20BrN3O3. The van der Waals surface area contributed by atoms with Gasteiger partial charge in [-0.15, -0.1) is 0 Å². The third kappa shape index (κ3) is 5.02. The summed E-state index contributed by atoms with van der Waals surface area (Å²) in [6.07, 6.45) is 1.50. The molecule has 140 valence electrons. The van der Waals surface area contributed by atoms with Gasteiger partial charge in [0.25, 0.3) is 5.91 Å². The molecule has 0 saturated carbocycles. The average Bonchev–Trinajstić information content (AvgIpc) is 2.66. The number of methoxy groups -OCH3 is 2. The highest BCUT2D eigenvalue weighted by Gasteiger charge is 2.13. The highest BCUT2D eigenvalue weighted by Crippen LogP contribution is 2.34. The number of anilines is 2. The lowest BCUT2D eigenvalue weighted by molar-refractivity contribution is -0.112. The monoisotopic (exact) mass is 429 g/mol. The van der Waals surface area contributed by atoms with Gasteiger partial charge in [-0.25, -0.2) is 0 Å². The molecule has 0 unspecified atom stereocenters. The van der Waals surface area contributed by atoms with Crippen molar-refractivity contribution in [1.29, 1.82) is 5.26 Å². The first-order valence-electron chi connectivity index (χ1n) is 8.01. The molecule has 1 amide bonds. The summed E-state index contributed by atoms with van der Waals surface area (Å²) >= 11 is 3.42. The number of rotatable bonds is 6. The van der Waals surface area contributed by atoms with Gasteiger partial charge in [0.1, 0.15) is 11.6 Å². The van der Waals surface area contributed by atoms with Crippen LogP contribution in [0, 0.1) is 11.3 Å². The van der Waals surface area contributed by atoms with Crippen LogP contribution in [0.3, 0.4) is 0 Å². The van der Waals surface area contributed by atoms with E-state index in [9.17, 15) is 10.1 Å². The predicted octanol–water partition coefficient (Wildman–Crippen LogP) is 4.08. The molecule has 0 bridgehead atoms. The molecule has 0 heterocycles. The van der Waals surface area contributed by atoms with Crippen LogP contribution in [0.4, 0.5) is 11.4 Å². The van der Waals surface area contributed by atoms with Crippen molar-refractivity contribution in [2.45, 2.75) is 0 Å². The smallest absolute Gasteiger partial charge is 0.266 e. The Hall–Kier alpha value is -2.98. The van der Waals surface area contributed by atoms with Gasteiger partial charge in [-0.05, 0) is 48.0 Å². The summed E-state index contributed by atoms with van der Waals surface area (Å²) in [4.78, 5) is 14.4. The Labute approximate surface area is 167 Å². The van der Waals surface area contributed by atoms with Crippen LogP contribution in [-0.4, -0.2) is 34.2 Å². The van der Waals surface area contributed by atoms with E-state index in [1.807, 2.05) is 37.2 Å². The number of nitriles is 1. The fourth-order valence-electron chi connectivity index (χ4n) is 2.33. The number of nitrogens with one attached hydrogen (secondary N) is 1. The zero-order chi connectivity index (χ0) is 20.0. The van der Waals surface area contributed by atoms with E-state index in [0.717, 1.165) is 5.69 Å². The van der Waals surface area contributed by atoms with E-state index in [2.05, 4.69) is 21.2 Å². The normalized spacial score (nSPS) is 10.7. The molecule has 0 aliphatic rings. The standard InChI is InChI=1S/C20H20BrN3O3/c1-24(2)16-7-5-15(6-8-16)23-20(25)14(12-22)9-13-10-18(26-3)19(27-4)11-17(13)21/h5-11H,1-4H3,(H,23,25)/b14-9-. The molecule has 27 heavy (non-hydrogen) atoms. The van der Waals surface area contributed by atoms with Crippen molar-refractivity contribution in [3.05, 3.63) is 52.0 Å². The lowest BCUT2D eigenvalue weighted by Gasteiger charge is -2.13. The Balaban J connectivity index is 2.27. The molecule has 0 atom stereocenters. The zero-order valence-corrected chi connectivity index (χ0v) is 17.1. The SMILES string of the molecule is COc1cc(Br)c(/C=C(/C#N)C(=O)Nc2ccc(N(C)C)cc2)cc1OC. The number of halogens is 1. The molecule has 2 aromatic carbocycles. The van der Waals surface area contributed by atoms with Gasteiger partial charge in [-0.3, -0.25) is 4.79 Å². The Kier molecular flexibility index (Phi) is 6.85. The molecule has 0 radical (unpaired) electrons. The minimum Gasteiger partial charge on any atom is -0.493 e. The summed E-state index contributed by atoms with van der Waals surface area (Å²) in [6, 6.07) is 12.7. The molecule has 7 heteroatoms. The number of carbonyl (C=O) groups excluding carboxylic acids is 1. The molecule has 0 spiro atoms. The van der Waals surface area contributed by atoms with Gasteiger partial charge in [0.2, 0.25) is 0 Å². The number of hydrogen-bond acceptors (Lipinski definition) is 5. The van der Waals surface area contributed by atoms with Gasteiger partial charge < -0.3 is 19.7 Å².